The number of hydrogen-bond donors (Lipinski definition) is 2. The lowest BCUT2D eigenvalue weighted by Gasteiger charge is -2.23. The zero-order chi connectivity index (χ0) is 19.3. The first-order valence-electron chi connectivity index (χ1n) is 10.5. The van der Waals surface area contributed by atoms with Gasteiger partial charge >= 0.3 is 0 Å². The predicted octanol–water partition coefficient (Wildman–Crippen LogP) is 3.29. The summed E-state index contributed by atoms with van der Waals surface area (Å²) in [5, 5.41) is 12.7. The highest BCUT2D eigenvalue weighted by atomic mass is 16.5. The number of guanidine groups is 1. The van der Waals surface area contributed by atoms with E-state index < -0.39 is 0 Å². The van der Waals surface area contributed by atoms with Gasteiger partial charge in [-0.3, -0.25) is 4.99 Å². The van der Waals surface area contributed by atoms with E-state index in [1.165, 1.54) is 5.56 Å². The molecule has 1 aliphatic heterocycles. The molecule has 1 aromatic rings. The van der Waals surface area contributed by atoms with Crippen molar-refractivity contribution in [3.8, 4) is 0 Å². The van der Waals surface area contributed by atoms with E-state index >= 15 is 0 Å². The van der Waals surface area contributed by atoms with E-state index in [0.29, 0.717) is 18.4 Å². The van der Waals surface area contributed by atoms with Crippen molar-refractivity contribution in [2.45, 2.75) is 46.1 Å². The number of hydrogen-bond acceptors (Lipinski definition) is 3. The number of rotatable bonds is 11. The first-order valence-corrected chi connectivity index (χ1v) is 10.5. The van der Waals surface area contributed by atoms with Crippen molar-refractivity contribution in [1.82, 2.24) is 10.2 Å². The zero-order valence-electron chi connectivity index (χ0n) is 17.1. The molecule has 27 heavy (non-hydrogen) atoms. The van der Waals surface area contributed by atoms with Crippen molar-refractivity contribution >= 4 is 5.96 Å². The molecule has 0 amide bonds. The van der Waals surface area contributed by atoms with E-state index in [-0.39, 0.29) is 6.61 Å². The van der Waals surface area contributed by atoms with Crippen molar-refractivity contribution in [2.24, 2.45) is 16.8 Å². The van der Waals surface area contributed by atoms with Crippen molar-refractivity contribution in [1.29, 1.82) is 0 Å². The maximum absolute atomic E-state index is 9.25. The second-order valence-corrected chi connectivity index (χ2v) is 7.46. The summed E-state index contributed by atoms with van der Waals surface area (Å²) in [6.45, 7) is 9.75. The molecule has 5 nitrogen and oxygen atoms in total. The van der Waals surface area contributed by atoms with Gasteiger partial charge in [-0.15, -0.1) is 0 Å². The molecule has 1 saturated heterocycles. The molecule has 0 radical (unpaired) electrons. The molecule has 2 rings (SSSR count). The van der Waals surface area contributed by atoms with Gasteiger partial charge in [0.1, 0.15) is 0 Å². The minimum absolute atomic E-state index is 0.251. The zero-order valence-corrected chi connectivity index (χ0v) is 17.1. The molecule has 0 aliphatic carbocycles. The molecule has 2 N–H and O–H groups in total. The molecule has 1 aromatic carbocycles. The molecule has 0 aromatic heterocycles. The number of benzene rings is 1. The van der Waals surface area contributed by atoms with Crippen molar-refractivity contribution in [3.63, 3.8) is 0 Å². The maximum Gasteiger partial charge on any atom is 0.193 e. The Morgan fingerprint density at radius 2 is 2.11 bits per heavy atom. The van der Waals surface area contributed by atoms with Crippen LogP contribution >= 0.6 is 0 Å². The minimum Gasteiger partial charge on any atom is -0.396 e. The monoisotopic (exact) mass is 375 g/mol. The topological polar surface area (TPSA) is 57.1 Å². The Labute approximate surface area is 164 Å². The third kappa shape index (κ3) is 7.89. The number of nitrogens with zero attached hydrogens (tertiary/aromatic N) is 2. The highest BCUT2D eigenvalue weighted by Gasteiger charge is 2.25. The molecule has 1 heterocycles. The van der Waals surface area contributed by atoms with Crippen LogP contribution in [0.15, 0.2) is 35.3 Å². The number of likely N-dealkylation sites (tertiary alicyclic amines) is 1. The number of ether oxygens (including phenoxy) is 1. The summed E-state index contributed by atoms with van der Waals surface area (Å²) in [5.41, 5.74) is 1.23. The Hall–Kier alpha value is -1.59. The van der Waals surface area contributed by atoms with Gasteiger partial charge in [0.2, 0.25) is 0 Å². The fraction of sp³-hybridized carbons (Fsp3) is 0.682. The van der Waals surface area contributed by atoms with E-state index in [1.54, 1.807) is 0 Å². The molecule has 2 unspecified atom stereocenters. The molecule has 152 valence electrons. The van der Waals surface area contributed by atoms with E-state index in [2.05, 4.69) is 48.3 Å². The van der Waals surface area contributed by atoms with Crippen LogP contribution in [-0.2, 0) is 11.3 Å². The summed E-state index contributed by atoms with van der Waals surface area (Å²) >= 11 is 0. The van der Waals surface area contributed by atoms with Crippen LogP contribution in [0.25, 0.3) is 0 Å². The van der Waals surface area contributed by atoms with Gasteiger partial charge in [0, 0.05) is 38.7 Å². The number of aliphatic hydroxyl groups is 1. The van der Waals surface area contributed by atoms with Crippen LogP contribution in [0.3, 0.4) is 0 Å². The van der Waals surface area contributed by atoms with Crippen molar-refractivity contribution in [2.75, 3.05) is 39.4 Å². The minimum atomic E-state index is 0.251. The normalized spacial score (nSPS) is 18.7. The molecule has 0 spiro atoms. The lowest BCUT2D eigenvalue weighted by Crippen LogP contribution is -2.40. The Kier molecular flexibility index (Phi) is 10.2. The first kappa shape index (κ1) is 21.7. The summed E-state index contributed by atoms with van der Waals surface area (Å²) < 4.78 is 5.94. The Morgan fingerprint density at radius 1 is 1.30 bits per heavy atom. The molecule has 0 bridgehead atoms. The smallest absolute Gasteiger partial charge is 0.193 e. The third-order valence-corrected chi connectivity index (χ3v) is 5.12. The van der Waals surface area contributed by atoms with Crippen LogP contribution in [0.2, 0.25) is 0 Å². The van der Waals surface area contributed by atoms with E-state index in [4.69, 9.17) is 9.73 Å². The fourth-order valence-corrected chi connectivity index (χ4v) is 3.64. The lowest BCUT2D eigenvalue weighted by molar-refractivity contribution is 0.0906. The number of nitrogens with one attached hydrogen (secondary N) is 1. The van der Waals surface area contributed by atoms with Crippen LogP contribution in [0.1, 0.15) is 45.1 Å². The summed E-state index contributed by atoms with van der Waals surface area (Å²) in [7, 11) is 0. The largest absolute Gasteiger partial charge is 0.396 e. The van der Waals surface area contributed by atoms with Gasteiger partial charge in [-0.05, 0) is 37.7 Å². The maximum atomic E-state index is 9.25. The Bertz CT molecular complexity index is 530. The summed E-state index contributed by atoms with van der Waals surface area (Å²) in [5.74, 6) is 2.05. The van der Waals surface area contributed by atoms with Gasteiger partial charge in [0.05, 0.1) is 13.2 Å². The number of aliphatic hydroxyl groups excluding tert-OH is 1. The summed E-state index contributed by atoms with van der Waals surface area (Å²) in [4.78, 5) is 7.24. The van der Waals surface area contributed by atoms with Crippen LogP contribution in [0.4, 0.5) is 0 Å². The van der Waals surface area contributed by atoms with Gasteiger partial charge in [-0.1, -0.05) is 43.7 Å². The van der Waals surface area contributed by atoms with Gasteiger partial charge in [0.15, 0.2) is 5.96 Å². The molecule has 5 heteroatoms. The molecule has 2 atom stereocenters. The molecular weight excluding hydrogens is 338 g/mol. The first-order chi connectivity index (χ1) is 13.3. The molecule has 1 fully saturated rings. The van der Waals surface area contributed by atoms with E-state index in [9.17, 15) is 5.11 Å². The fourth-order valence-electron chi connectivity index (χ4n) is 3.64. The molecule has 1 aliphatic rings. The second kappa shape index (κ2) is 12.7. The Morgan fingerprint density at radius 3 is 2.81 bits per heavy atom. The summed E-state index contributed by atoms with van der Waals surface area (Å²) in [6, 6.07) is 10.4. The number of aliphatic imine (C=N–C) groups is 1. The van der Waals surface area contributed by atoms with Crippen LogP contribution < -0.4 is 5.32 Å². The van der Waals surface area contributed by atoms with E-state index in [0.717, 1.165) is 64.4 Å². The van der Waals surface area contributed by atoms with Gasteiger partial charge in [-0.2, -0.15) is 0 Å². The highest BCUT2D eigenvalue weighted by Crippen LogP contribution is 2.18. The highest BCUT2D eigenvalue weighted by molar-refractivity contribution is 5.80. The Balaban J connectivity index is 1.80. The standard InChI is InChI=1S/C22H37N3O2/c1-3-8-19(12-14-26)15-24-22(23-4-2)25-13-11-21(16-25)18-27-17-20-9-6-5-7-10-20/h5-7,9-10,19,21,26H,3-4,8,11-18H2,1-2H3,(H,23,24). The van der Waals surface area contributed by atoms with Crippen LogP contribution in [0.5, 0.6) is 0 Å². The van der Waals surface area contributed by atoms with Crippen molar-refractivity contribution < 1.29 is 9.84 Å². The van der Waals surface area contributed by atoms with Crippen LogP contribution in [-0.4, -0.2) is 55.4 Å². The van der Waals surface area contributed by atoms with E-state index in [1.807, 2.05) is 6.07 Å². The average molecular weight is 376 g/mol. The predicted molar refractivity (Wildman–Crippen MR) is 112 cm³/mol. The van der Waals surface area contributed by atoms with Gasteiger partial charge in [0.25, 0.3) is 0 Å². The van der Waals surface area contributed by atoms with Gasteiger partial charge in [-0.25, -0.2) is 0 Å². The lowest BCUT2D eigenvalue weighted by atomic mass is 10.0. The quantitative estimate of drug-likeness (QED) is 0.460. The molecule has 0 saturated carbocycles. The summed E-state index contributed by atoms with van der Waals surface area (Å²) in [6.07, 6.45) is 4.25. The van der Waals surface area contributed by atoms with Crippen molar-refractivity contribution in [3.05, 3.63) is 35.9 Å². The third-order valence-electron chi connectivity index (χ3n) is 5.12. The van der Waals surface area contributed by atoms with Crippen LogP contribution in [0, 0.1) is 11.8 Å². The van der Waals surface area contributed by atoms with Gasteiger partial charge < -0.3 is 20.1 Å². The average Bonchev–Trinajstić information content (AvgIpc) is 3.15. The second-order valence-electron chi connectivity index (χ2n) is 7.46. The SMILES string of the molecule is CCCC(CCO)CN=C(NCC)N1CCC(COCc2ccccc2)C1. The molecular formula is C22H37N3O2.